The van der Waals surface area contributed by atoms with Crippen molar-refractivity contribution in [3.63, 3.8) is 0 Å². The minimum atomic E-state index is -2.59. The molecule has 0 spiro atoms. The second-order valence-electron chi connectivity index (χ2n) is 6.07. The lowest BCUT2D eigenvalue weighted by molar-refractivity contribution is 0.0993. The lowest BCUT2D eigenvalue weighted by atomic mass is 10.1. The number of rotatable bonds is 6. The number of alkyl halides is 2. The van der Waals surface area contributed by atoms with Crippen LogP contribution in [0.15, 0.2) is 43.0 Å². The number of aromatic nitrogens is 6. The molecule has 0 bridgehead atoms. The van der Waals surface area contributed by atoms with E-state index in [1.165, 1.54) is 34.9 Å². The summed E-state index contributed by atoms with van der Waals surface area (Å²) in [6, 6.07) is 6.59. The number of fused-ring (bicyclic) bond motifs is 1. The molecule has 11 heteroatoms. The minimum absolute atomic E-state index is 0.0782. The topological polar surface area (TPSA) is 113 Å². The van der Waals surface area contributed by atoms with Gasteiger partial charge in [0.25, 0.3) is 12.3 Å². The first kappa shape index (κ1) is 18.5. The van der Waals surface area contributed by atoms with Crippen LogP contribution in [0.3, 0.4) is 0 Å². The highest BCUT2D eigenvalue weighted by Gasteiger charge is 2.20. The molecular weight excluding hydrogens is 384 g/mol. The molecule has 2 N–H and O–H groups in total. The Labute approximate surface area is 162 Å². The molecule has 0 aliphatic carbocycles. The normalized spacial score (nSPS) is 11.3. The monoisotopic (exact) mass is 399 g/mol. The summed E-state index contributed by atoms with van der Waals surface area (Å²) < 4.78 is 33.9. The number of carbonyl (C=O) groups is 1. The molecule has 0 fully saturated rings. The Morgan fingerprint density at radius 3 is 2.66 bits per heavy atom. The van der Waals surface area contributed by atoms with Gasteiger partial charge >= 0.3 is 0 Å². The number of halogens is 2. The minimum Gasteiger partial charge on any atom is -0.481 e. The molecule has 0 aromatic carbocycles. The van der Waals surface area contributed by atoms with Crippen LogP contribution in [0.25, 0.3) is 28.3 Å². The molecule has 0 aliphatic heterocycles. The number of methoxy groups -OCH3 is 1. The van der Waals surface area contributed by atoms with Gasteiger partial charge < -0.3 is 15.0 Å². The number of hydrogen-bond donors (Lipinski definition) is 1. The largest absolute Gasteiger partial charge is 0.481 e. The molecule has 4 heterocycles. The number of hydrogen-bond acceptors (Lipinski definition) is 6. The van der Waals surface area contributed by atoms with Crippen LogP contribution in [0, 0.1) is 0 Å². The van der Waals surface area contributed by atoms with E-state index in [9.17, 15) is 13.6 Å². The average molecular weight is 399 g/mol. The zero-order valence-corrected chi connectivity index (χ0v) is 15.2. The molecule has 0 radical (unpaired) electrons. The van der Waals surface area contributed by atoms with Crippen LogP contribution in [0.5, 0.6) is 5.88 Å². The third kappa shape index (κ3) is 3.37. The van der Waals surface area contributed by atoms with Gasteiger partial charge in [-0.2, -0.15) is 5.10 Å². The molecule has 0 atom stereocenters. The number of amides is 1. The summed E-state index contributed by atoms with van der Waals surface area (Å²) in [5.41, 5.74) is 7.51. The van der Waals surface area contributed by atoms with Crippen LogP contribution in [-0.2, 0) is 6.54 Å². The van der Waals surface area contributed by atoms with Gasteiger partial charge in [-0.1, -0.05) is 0 Å². The number of nitrogens with zero attached hydrogens (tertiary/aromatic N) is 6. The summed E-state index contributed by atoms with van der Waals surface area (Å²) in [6.07, 6.45) is 1.56. The van der Waals surface area contributed by atoms with E-state index in [-0.39, 0.29) is 5.69 Å². The molecule has 29 heavy (non-hydrogen) atoms. The van der Waals surface area contributed by atoms with Gasteiger partial charge in [-0.05, 0) is 18.2 Å². The van der Waals surface area contributed by atoms with Gasteiger partial charge in [0.05, 0.1) is 37.6 Å². The second kappa shape index (κ2) is 7.26. The fraction of sp³-hybridized carbons (Fsp3) is 0.167. The Balaban J connectivity index is 1.90. The Bertz CT molecular complexity index is 1180. The van der Waals surface area contributed by atoms with Crippen molar-refractivity contribution in [2.24, 2.45) is 5.73 Å². The zero-order chi connectivity index (χ0) is 20.5. The van der Waals surface area contributed by atoms with Crippen molar-refractivity contribution in [2.45, 2.75) is 13.0 Å². The standard InChI is InChI=1S/C18H15F2N7O2/c1-29-15-5-2-10(6-23-15)16-17(26(9-24-16)8-13(19)20)11-3-4-14-22-7-12(18(21)28)27(14)25-11/h2-7,9,13H,8H2,1H3,(H2,21,28). The number of carbonyl (C=O) groups excluding carboxylic acids is 1. The summed E-state index contributed by atoms with van der Waals surface area (Å²) in [4.78, 5) is 24.1. The maximum Gasteiger partial charge on any atom is 0.269 e. The van der Waals surface area contributed by atoms with Gasteiger partial charge in [0.2, 0.25) is 5.88 Å². The quantitative estimate of drug-likeness (QED) is 0.531. The Kier molecular flexibility index (Phi) is 4.63. The molecule has 4 aromatic rings. The van der Waals surface area contributed by atoms with Crippen molar-refractivity contribution < 1.29 is 18.3 Å². The van der Waals surface area contributed by atoms with Crippen molar-refractivity contribution in [2.75, 3.05) is 7.11 Å². The van der Waals surface area contributed by atoms with Crippen molar-refractivity contribution in [1.82, 2.24) is 29.1 Å². The lowest BCUT2D eigenvalue weighted by Gasteiger charge is -2.10. The predicted molar refractivity (Wildman–Crippen MR) is 98.5 cm³/mol. The van der Waals surface area contributed by atoms with Gasteiger partial charge in [0.1, 0.15) is 11.4 Å². The summed E-state index contributed by atoms with van der Waals surface area (Å²) in [5.74, 6) is -0.297. The summed E-state index contributed by atoms with van der Waals surface area (Å²) in [6.45, 7) is -0.571. The smallest absolute Gasteiger partial charge is 0.269 e. The highest BCUT2D eigenvalue weighted by Crippen LogP contribution is 2.31. The zero-order valence-electron chi connectivity index (χ0n) is 15.2. The van der Waals surface area contributed by atoms with E-state index in [2.05, 4.69) is 20.1 Å². The van der Waals surface area contributed by atoms with E-state index in [1.807, 2.05) is 0 Å². The molecule has 0 unspecified atom stereocenters. The van der Waals surface area contributed by atoms with Crippen LogP contribution >= 0.6 is 0 Å². The van der Waals surface area contributed by atoms with E-state index in [4.69, 9.17) is 10.5 Å². The third-order valence-corrected chi connectivity index (χ3v) is 4.25. The molecule has 4 aromatic heterocycles. The van der Waals surface area contributed by atoms with Gasteiger partial charge in [-0.15, -0.1) is 0 Å². The van der Waals surface area contributed by atoms with Crippen molar-refractivity contribution >= 4 is 11.6 Å². The van der Waals surface area contributed by atoms with Crippen molar-refractivity contribution in [3.05, 3.63) is 48.7 Å². The highest BCUT2D eigenvalue weighted by atomic mass is 19.3. The summed E-state index contributed by atoms with van der Waals surface area (Å²) in [7, 11) is 1.49. The van der Waals surface area contributed by atoms with Crippen molar-refractivity contribution in [1.29, 1.82) is 0 Å². The van der Waals surface area contributed by atoms with Gasteiger partial charge in [-0.3, -0.25) is 4.79 Å². The van der Waals surface area contributed by atoms with E-state index in [1.54, 1.807) is 24.3 Å². The number of pyridine rings is 1. The SMILES string of the molecule is COc1ccc(-c2ncn(CC(F)F)c2-c2ccc3ncc(C(N)=O)n3n2)cn1. The molecular formula is C18H15F2N7O2. The maximum atomic E-state index is 13.1. The Morgan fingerprint density at radius 2 is 2.00 bits per heavy atom. The van der Waals surface area contributed by atoms with Gasteiger partial charge in [0.15, 0.2) is 5.65 Å². The second-order valence-corrected chi connectivity index (χ2v) is 6.07. The molecule has 0 saturated heterocycles. The first-order valence-electron chi connectivity index (χ1n) is 8.46. The number of nitrogens with two attached hydrogens (primary N) is 1. The molecule has 0 saturated carbocycles. The van der Waals surface area contributed by atoms with Crippen LogP contribution in [0.4, 0.5) is 8.78 Å². The third-order valence-electron chi connectivity index (χ3n) is 4.25. The van der Waals surface area contributed by atoms with E-state index >= 15 is 0 Å². The highest BCUT2D eigenvalue weighted by molar-refractivity contribution is 5.91. The first-order valence-corrected chi connectivity index (χ1v) is 8.46. The number of primary amides is 1. The molecule has 9 nitrogen and oxygen atoms in total. The van der Waals surface area contributed by atoms with Crippen LogP contribution < -0.4 is 10.5 Å². The Hall–Kier alpha value is -3.89. The lowest BCUT2D eigenvalue weighted by Crippen LogP contribution is -2.15. The summed E-state index contributed by atoms with van der Waals surface area (Å²) >= 11 is 0. The maximum absolute atomic E-state index is 13.1. The number of imidazole rings is 2. The molecule has 4 rings (SSSR count). The van der Waals surface area contributed by atoms with Crippen LogP contribution in [0.1, 0.15) is 10.5 Å². The number of ether oxygens (including phenoxy) is 1. The average Bonchev–Trinajstić information content (AvgIpc) is 3.31. The van der Waals surface area contributed by atoms with Gasteiger partial charge in [0, 0.05) is 17.8 Å². The van der Waals surface area contributed by atoms with E-state index in [0.29, 0.717) is 34.2 Å². The van der Waals surface area contributed by atoms with Crippen molar-refractivity contribution in [3.8, 4) is 28.5 Å². The Morgan fingerprint density at radius 1 is 1.17 bits per heavy atom. The van der Waals surface area contributed by atoms with Crippen LogP contribution in [-0.4, -0.2) is 48.6 Å². The summed E-state index contributed by atoms with van der Waals surface area (Å²) in [5, 5.41) is 4.39. The van der Waals surface area contributed by atoms with Gasteiger partial charge in [-0.25, -0.2) is 28.2 Å². The fourth-order valence-electron chi connectivity index (χ4n) is 2.96. The molecule has 0 aliphatic rings. The predicted octanol–water partition coefficient (Wildman–Crippen LogP) is 2.03. The van der Waals surface area contributed by atoms with Crippen LogP contribution in [0.2, 0.25) is 0 Å². The fourth-order valence-corrected chi connectivity index (χ4v) is 2.96. The molecule has 148 valence electrons. The van der Waals surface area contributed by atoms with E-state index < -0.39 is 18.9 Å². The van der Waals surface area contributed by atoms with E-state index in [0.717, 1.165) is 0 Å². The first-order chi connectivity index (χ1) is 14.0. The molecule has 1 amide bonds.